The smallest absolute Gasteiger partial charge is 0.307 e. The largest absolute Gasteiger partial charge is 0.489 e. The summed E-state index contributed by atoms with van der Waals surface area (Å²) < 4.78 is 16.3. The molecule has 0 saturated carbocycles. The Hall–Kier alpha value is -1.46. The van der Waals surface area contributed by atoms with Gasteiger partial charge in [-0.1, -0.05) is 18.0 Å². The van der Waals surface area contributed by atoms with Gasteiger partial charge in [-0.15, -0.1) is 0 Å². The van der Waals surface area contributed by atoms with Crippen molar-refractivity contribution in [2.45, 2.75) is 44.7 Å². The summed E-state index contributed by atoms with van der Waals surface area (Å²) in [5, 5.41) is 0.589. The zero-order valence-electron chi connectivity index (χ0n) is 14.1. The van der Waals surface area contributed by atoms with E-state index < -0.39 is 0 Å². The van der Waals surface area contributed by atoms with Crippen LogP contribution in [0.2, 0.25) is 5.02 Å². The van der Waals surface area contributed by atoms with Crippen molar-refractivity contribution in [3.63, 3.8) is 0 Å². The van der Waals surface area contributed by atoms with E-state index in [0.717, 1.165) is 50.1 Å². The van der Waals surface area contributed by atoms with Crippen molar-refractivity contribution in [3.05, 3.63) is 22.7 Å². The topological polar surface area (TPSA) is 48.0 Å². The number of ether oxygens (including phenoxy) is 3. The molecule has 1 saturated heterocycles. The number of carbonyl (C=O) groups is 1. The summed E-state index contributed by atoms with van der Waals surface area (Å²) in [5.74, 6) is 1.21. The van der Waals surface area contributed by atoms with Gasteiger partial charge in [0.15, 0.2) is 11.5 Å². The van der Waals surface area contributed by atoms with Crippen molar-refractivity contribution < 1.29 is 19.0 Å². The van der Waals surface area contributed by atoms with Crippen molar-refractivity contribution in [2.24, 2.45) is 0 Å². The first-order valence-corrected chi connectivity index (χ1v) is 8.94. The maximum atomic E-state index is 11.7. The SMILES string of the molecule is COC(=O)CC1CCCCN1Cc1cc(Cl)c2c(c1)OCCCO2. The van der Waals surface area contributed by atoms with Gasteiger partial charge in [0, 0.05) is 19.0 Å². The minimum absolute atomic E-state index is 0.149. The third-order valence-corrected chi connectivity index (χ3v) is 4.91. The number of piperidine rings is 1. The first kappa shape index (κ1) is 17.4. The average molecular weight is 354 g/mol. The van der Waals surface area contributed by atoms with Crippen LogP contribution in [0.3, 0.4) is 0 Å². The summed E-state index contributed by atoms with van der Waals surface area (Å²) in [4.78, 5) is 14.0. The van der Waals surface area contributed by atoms with Gasteiger partial charge in [0.1, 0.15) is 0 Å². The second kappa shape index (κ2) is 8.08. The molecule has 132 valence electrons. The monoisotopic (exact) mass is 353 g/mol. The zero-order chi connectivity index (χ0) is 16.9. The van der Waals surface area contributed by atoms with E-state index in [9.17, 15) is 4.79 Å². The molecule has 0 amide bonds. The predicted molar refractivity (Wildman–Crippen MR) is 91.7 cm³/mol. The van der Waals surface area contributed by atoms with Crippen LogP contribution in [-0.2, 0) is 16.1 Å². The lowest BCUT2D eigenvalue weighted by atomic mass is 9.98. The highest BCUT2D eigenvalue weighted by Gasteiger charge is 2.26. The number of esters is 1. The van der Waals surface area contributed by atoms with Gasteiger partial charge in [-0.25, -0.2) is 0 Å². The molecule has 0 aliphatic carbocycles. The number of nitrogens with zero attached hydrogens (tertiary/aromatic N) is 1. The average Bonchev–Trinajstić information content (AvgIpc) is 2.82. The van der Waals surface area contributed by atoms with Crippen LogP contribution < -0.4 is 9.47 Å². The van der Waals surface area contributed by atoms with Crippen molar-refractivity contribution in [3.8, 4) is 11.5 Å². The molecule has 2 aliphatic heterocycles. The third-order valence-electron chi connectivity index (χ3n) is 4.63. The number of rotatable bonds is 4. The second-order valence-electron chi connectivity index (χ2n) is 6.36. The van der Waals surface area contributed by atoms with Crippen LogP contribution >= 0.6 is 11.6 Å². The molecule has 6 heteroatoms. The van der Waals surface area contributed by atoms with Crippen LogP contribution in [0.15, 0.2) is 12.1 Å². The van der Waals surface area contributed by atoms with E-state index in [2.05, 4.69) is 4.90 Å². The summed E-state index contributed by atoms with van der Waals surface area (Å²) in [6.07, 6.45) is 4.62. The lowest BCUT2D eigenvalue weighted by Crippen LogP contribution is -2.40. The maximum absolute atomic E-state index is 11.7. The standard InChI is InChI=1S/C18H24ClNO4/c1-22-17(21)11-14-5-2-3-6-20(14)12-13-9-15(19)18-16(10-13)23-7-4-8-24-18/h9-10,14H,2-8,11-12H2,1H3. The molecule has 1 fully saturated rings. The number of fused-ring (bicyclic) bond motifs is 1. The lowest BCUT2D eigenvalue weighted by molar-refractivity contribution is -0.142. The summed E-state index contributed by atoms with van der Waals surface area (Å²) in [5.41, 5.74) is 1.08. The fourth-order valence-corrected chi connectivity index (χ4v) is 3.67. The Morgan fingerprint density at radius 3 is 2.96 bits per heavy atom. The van der Waals surface area contributed by atoms with Gasteiger partial charge in [0.2, 0.25) is 0 Å². The van der Waals surface area contributed by atoms with Crippen LogP contribution in [0.4, 0.5) is 0 Å². The fraction of sp³-hybridized carbons (Fsp3) is 0.611. The third kappa shape index (κ3) is 4.14. The fourth-order valence-electron chi connectivity index (χ4n) is 3.39. The quantitative estimate of drug-likeness (QED) is 0.776. The number of likely N-dealkylation sites (tertiary alicyclic amines) is 1. The number of hydrogen-bond donors (Lipinski definition) is 0. The lowest BCUT2D eigenvalue weighted by Gasteiger charge is -2.35. The van der Waals surface area contributed by atoms with Gasteiger partial charge in [-0.3, -0.25) is 9.69 Å². The van der Waals surface area contributed by atoms with E-state index in [1.165, 1.54) is 7.11 Å². The van der Waals surface area contributed by atoms with E-state index in [4.69, 9.17) is 25.8 Å². The molecule has 0 aromatic heterocycles. The summed E-state index contributed by atoms with van der Waals surface area (Å²) >= 11 is 6.38. The maximum Gasteiger partial charge on any atom is 0.307 e. The molecule has 1 unspecified atom stereocenters. The van der Waals surface area contributed by atoms with E-state index in [1.54, 1.807) is 0 Å². The minimum atomic E-state index is -0.149. The molecule has 0 N–H and O–H groups in total. The minimum Gasteiger partial charge on any atom is -0.489 e. The summed E-state index contributed by atoms with van der Waals surface area (Å²) in [6, 6.07) is 4.18. The molecule has 0 bridgehead atoms. The van der Waals surface area contributed by atoms with Gasteiger partial charge in [0.25, 0.3) is 0 Å². The van der Waals surface area contributed by atoms with Gasteiger partial charge in [-0.05, 0) is 37.1 Å². The molecule has 3 rings (SSSR count). The van der Waals surface area contributed by atoms with E-state index in [1.807, 2.05) is 12.1 Å². The first-order chi connectivity index (χ1) is 11.7. The molecule has 1 aromatic carbocycles. The van der Waals surface area contributed by atoms with Crippen molar-refractivity contribution >= 4 is 17.6 Å². The Labute approximate surface area is 147 Å². The van der Waals surface area contributed by atoms with Crippen LogP contribution in [0, 0.1) is 0 Å². The van der Waals surface area contributed by atoms with Gasteiger partial charge in [0.05, 0.1) is 31.8 Å². The number of benzene rings is 1. The van der Waals surface area contributed by atoms with Crippen LogP contribution in [0.25, 0.3) is 0 Å². The van der Waals surface area contributed by atoms with Gasteiger partial charge in [-0.2, -0.15) is 0 Å². The van der Waals surface area contributed by atoms with Crippen molar-refractivity contribution in [2.75, 3.05) is 26.9 Å². The molecule has 1 atom stereocenters. The molecular formula is C18H24ClNO4. The van der Waals surface area contributed by atoms with E-state index in [0.29, 0.717) is 30.4 Å². The molecule has 2 heterocycles. The highest BCUT2D eigenvalue weighted by Crippen LogP contribution is 2.38. The zero-order valence-corrected chi connectivity index (χ0v) is 14.8. The van der Waals surface area contributed by atoms with Gasteiger partial charge >= 0.3 is 5.97 Å². The molecule has 0 spiro atoms. The van der Waals surface area contributed by atoms with Crippen LogP contribution in [0.1, 0.15) is 37.7 Å². The Bertz CT molecular complexity index is 593. The summed E-state index contributed by atoms with van der Waals surface area (Å²) in [6.45, 7) is 2.99. The Morgan fingerprint density at radius 2 is 2.12 bits per heavy atom. The molecule has 24 heavy (non-hydrogen) atoms. The first-order valence-electron chi connectivity index (χ1n) is 8.56. The number of methoxy groups -OCH3 is 1. The highest BCUT2D eigenvalue weighted by atomic mass is 35.5. The molecule has 2 aliphatic rings. The van der Waals surface area contributed by atoms with Crippen molar-refractivity contribution in [1.82, 2.24) is 4.90 Å². The molecule has 5 nitrogen and oxygen atoms in total. The normalized spacial score (nSPS) is 21.2. The predicted octanol–water partition coefficient (Wildman–Crippen LogP) is 3.42. The summed E-state index contributed by atoms with van der Waals surface area (Å²) in [7, 11) is 1.44. The van der Waals surface area contributed by atoms with E-state index >= 15 is 0 Å². The Morgan fingerprint density at radius 1 is 1.29 bits per heavy atom. The number of halogens is 1. The van der Waals surface area contributed by atoms with Gasteiger partial charge < -0.3 is 14.2 Å². The second-order valence-corrected chi connectivity index (χ2v) is 6.76. The van der Waals surface area contributed by atoms with Crippen molar-refractivity contribution in [1.29, 1.82) is 0 Å². The Kier molecular flexibility index (Phi) is 5.85. The van der Waals surface area contributed by atoms with Crippen LogP contribution in [-0.4, -0.2) is 43.8 Å². The van der Waals surface area contributed by atoms with Crippen LogP contribution in [0.5, 0.6) is 11.5 Å². The molecule has 1 aromatic rings. The highest BCUT2D eigenvalue weighted by molar-refractivity contribution is 6.32. The molecular weight excluding hydrogens is 330 g/mol. The number of hydrogen-bond acceptors (Lipinski definition) is 5. The van der Waals surface area contributed by atoms with E-state index in [-0.39, 0.29) is 12.0 Å². The molecule has 0 radical (unpaired) electrons. The number of carbonyl (C=O) groups excluding carboxylic acids is 1. The Balaban J connectivity index is 1.75.